The largest absolute Gasteiger partial charge is 0.371 e. The summed E-state index contributed by atoms with van der Waals surface area (Å²) in [6.07, 6.45) is 5.98. The number of hydrogen-bond acceptors (Lipinski definition) is 5. The van der Waals surface area contributed by atoms with Gasteiger partial charge in [-0.25, -0.2) is 4.98 Å². The molecule has 2 saturated heterocycles. The maximum absolute atomic E-state index is 12.1. The summed E-state index contributed by atoms with van der Waals surface area (Å²) in [6, 6.07) is 4.36. The second-order valence-corrected chi connectivity index (χ2v) is 8.33. The van der Waals surface area contributed by atoms with Crippen LogP contribution in [0.5, 0.6) is 0 Å². The molecule has 2 atom stereocenters. The van der Waals surface area contributed by atoms with Crippen LogP contribution in [0.15, 0.2) is 17.5 Å². The van der Waals surface area contributed by atoms with Crippen LogP contribution in [0.25, 0.3) is 0 Å². The molecule has 0 spiro atoms. The lowest BCUT2D eigenvalue weighted by Crippen LogP contribution is -2.34. The van der Waals surface area contributed by atoms with Crippen molar-refractivity contribution >= 4 is 17.2 Å². The molecular formula is C20H28N4O2S. The van der Waals surface area contributed by atoms with E-state index in [4.69, 9.17) is 9.72 Å². The average molecular weight is 389 g/mol. The van der Waals surface area contributed by atoms with Crippen LogP contribution in [0.3, 0.4) is 0 Å². The van der Waals surface area contributed by atoms with Gasteiger partial charge in [0, 0.05) is 38.3 Å². The predicted molar refractivity (Wildman–Crippen MR) is 106 cm³/mol. The first-order valence-electron chi connectivity index (χ1n) is 9.85. The maximum Gasteiger partial charge on any atom is 0.267 e. The van der Waals surface area contributed by atoms with E-state index in [-0.39, 0.29) is 12.0 Å². The fourth-order valence-corrected chi connectivity index (χ4v) is 5.15. The number of likely N-dealkylation sites (tertiary alicyclic amines) is 1. The van der Waals surface area contributed by atoms with Crippen LogP contribution in [-0.2, 0) is 18.3 Å². The number of piperidine rings is 1. The van der Waals surface area contributed by atoms with Gasteiger partial charge in [-0.15, -0.1) is 11.3 Å². The molecule has 0 bridgehead atoms. The normalized spacial score (nSPS) is 23.6. The van der Waals surface area contributed by atoms with Crippen LogP contribution < -0.4 is 5.32 Å². The van der Waals surface area contributed by atoms with E-state index in [1.54, 1.807) is 18.4 Å². The number of hydrogen-bond donors (Lipinski definition) is 1. The van der Waals surface area contributed by atoms with Gasteiger partial charge in [0.2, 0.25) is 0 Å². The fraction of sp³-hybridized carbons (Fsp3) is 0.600. The minimum Gasteiger partial charge on any atom is -0.371 e. The van der Waals surface area contributed by atoms with E-state index in [2.05, 4.69) is 21.7 Å². The van der Waals surface area contributed by atoms with Crippen molar-refractivity contribution in [1.82, 2.24) is 19.8 Å². The van der Waals surface area contributed by atoms with Crippen molar-refractivity contribution in [1.29, 1.82) is 0 Å². The van der Waals surface area contributed by atoms with Gasteiger partial charge in [-0.3, -0.25) is 9.69 Å². The quantitative estimate of drug-likeness (QED) is 0.853. The number of aromatic nitrogens is 2. The molecule has 2 aromatic rings. The van der Waals surface area contributed by atoms with Crippen LogP contribution >= 0.6 is 11.3 Å². The highest BCUT2D eigenvalue weighted by Gasteiger charge is 2.28. The van der Waals surface area contributed by atoms with Gasteiger partial charge in [0.15, 0.2) is 0 Å². The highest BCUT2D eigenvalue weighted by Crippen LogP contribution is 2.34. The molecule has 4 rings (SSSR count). The zero-order chi connectivity index (χ0) is 18.8. The summed E-state index contributed by atoms with van der Waals surface area (Å²) in [5.74, 6) is -0.0354. The van der Waals surface area contributed by atoms with Crippen molar-refractivity contribution in [2.75, 3.05) is 20.2 Å². The second kappa shape index (κ2) is 8.12. The van der Waals surface area contributed by atoms with Gasteiger partial charge in [-0.2, -0.15) is 0 Å². The second-order valence-electron chi connectivity index (χ2n) is 7.44. The molecule has 1 N–H and O–H groups in total. The highest BCUT2D eigenvalue weighted by atomic mass is 32.1. The minimum atomic E-state index is -0.0354. The number of nitrogens with zero attached hydrogens (tertiary/aromatic N) is 3. The molecule has 2 aliphatic heterocycles. The van der Waals surface area contributed by atoms with E-state index in [9.17, 15) is 4.79 Å². The fourth-order valence-electron chi connectivity index (χ4n) is 4.26. The van der Waals surface area contributed by atoms with E-state index in [0.717, 1.165) is 49.7 Å². The molecule has 0 saturated carbocycles. The first-order valence-corrected chi connectivity index (χ1v) is 10.7. The standard InChI is InChI=1S/C20H28N4O2S/c1-21-19(25)17-9-8-15(23(17)2)16-6-3-4-10-24(16)12-14-13-27-20(22-14)18-7-5-11-26-18/h8-9,13,16,18H,3-7,10-12H2,1-2H3,(H,21,25)/t16-,18+/m1/s1. The molecule has 7 heteroatoms. The van der Waals surface area contributed by atoms with Crippen molar-refractivity contribution in [2.45, 2.75) is 50.8 Å². The summed E-state index contributed by atoms with van der Waals surface area (Å²) in [5, 5.41) is 6.03. The molecule has 4 heterocycles. The summed E-state index contributed by atoms with van der Waals surface area (Å²) in [4.78, 5) is 19.4. The van der Waals surface area contributed by atoms with Gasteiger partial charge in [0.05, 0.1) is 11.7 Å². The topological polar surface area (TPSA) is 59.4 Å². The number of carbonyl (C=O) groups excluding carboxylic acids is 1. The number of thiazole rings is 1. The lowest BCUT2D eigenvalue weighted by molar-refractivity contribution is 0.0952. The molecule has 0 aliphatic carbocycles. The average Bonchev–Trinajstić information content (AvgIpc) is 3.42. The van der Waals surface area contributed by atoms with Gasteiger partial charge in [0.1, 0.15) is 16.8 Å². The molecule has 2 aliphatic rings. The summed E-state index contributed by atoms with van der Waals surface area (Å²) in [5.41, 5.74) is 3.06. The Morgan fingerprint density at radius 3 is 3.00 bits per heavy atom. The van der Waals surface area contributed by atoms with E-state index in [0.29, 0.717) is 11.7 Å². The Bertz CT molecular complexity index is 794. The molecule has 6 nitrogen and oxygen atoms in total. The van der Waals surface area contributed by atoms with Crippen LogP contribution in [-0.4, -0.2) is 40.6 Å². The van der Waals surface area contributed by atoms with Crippen LogP contribution in [0.1, 0.15) is 71.1 Å². The SMILES string of the molecule is CNC(=O)c1ccc([C@H]2CCCCN2Cc2csc([C@@H]3CCCO3)n2)n1C. The molecule has 0 aromatic carbocycles. The molecule has 0 unspecified atom stereocenters. The van der Waals surface area contributed by atoms with Gasteiger partial charge >= 0.3 is 0 Å². The summed E-state index contributed by atoms with van der Waals surface area (Å²) >= 11 is 1.73. The van der Waals surface area contributed by atoms with Crippen molar-refractivity contribution in [3.05, 3.63) is 39.6 Å². The zero-order valence-corrected chi connectivity index (χ0v) is 16.9. The molecule has 2 aromatic heterocycles. The van der Waals surface area contributed by atoms with Crippen LogP contribution in [0.4, 0.5) is 0 Å². The smallest absolute Gasteiger partial charge is 0.267 e. The predicted octanol–water partition coefficient (Wildman–Crippen LogP) is 3.42. The summed E-state index contributed by atoms with van der Waals surface area (Å²) in [6.45, 7) is 2.78. The first-order chi connectivity index (χ1) is 13.2. The highest BCUT2D eigenvalue weighted by molar-refractivity contribution is 7.09. The molecule has 27 heavy (non-hydrogen) atoms. The Morgan fingerprint density at radius 2 is 2.22 bits per heavy atom. The Hall–Kier alpha value is -1.70. The van der Waals surface area contributed by atoms with E-state index in [1.165, 1.54) is 18.5 Å². The first kappa shape index (κ1) is 18.7. The van der Waals surface area contributed by atoms with Crippen LogP contribution in [0, 0.1) is 0 Å². The van der Waals surface area contributed by atoms with Crippen molar-refractivity contribution < 1.29 is 9.53 Å². The van der Waals surface area contributed by atoms with Gasteiger partial charge < -0.3 is 14.6 Å². The number of carbonyl (C=O) groups is 1. The van der Waals surface area contributed by atoms with E-state index < -0.39 is 0 Å². The maximum atomic E-state index is 12.1. The molecule has 0 radical (unpaired) electrons. The number of rotatable bonds is 5. The van der Waals surface area contributed by atoms with E-state index >= 15 is 0 Å². The van der Waals surface area contributed by atoms with E-state index in [1.807, 2.05) is 17.7 Å². The Balaban J connectivity index is 1.51. The third kappa shape index (κ3) is 3.81. The monoisotopic (exact) mass is 388 g/mol. The molecule has 2 fully saturated rings. The number of amides is 1. The zero-order valence-electron chi connectivity index (χ0n) is 16.1. The minimum absolute atomic E-state index is 0.0354. The summed E-state index contributed by atoms with van der Waals surface area (Å²) < 4.78 is 7.82. The van der Waals surface area contributed by atoms with Gasteiger partial charge in [-0.05, 0) is 44.4 Å². The van der Waals surface area contributed by atoms with Gasteiger partial charge in [0.25, 0.3) is 5.91 Å². The van der Waals surface area contributed by atoms with Gasteiger partial charge in [-0.1, -0.05) is 6.42 Å². The van der Waals surface area contributed by atoms with Crippen molar-refractivity contribution in [3.8, 4) is 0 Å². The number of nitrogens with one attached hydrogen (secondary N) is 1. The molecule has 1 amide bonds. The third-order valence-corrected chi connectivity index (χ3v) is 6.70. The number of ether oxygens (including phenoxy) is 1. The summed E-state index contributed by atoms with van der Waals surface area (Å²) in [7, 11) is 3.67. The van der Waals surface area contributed by atoms with Crippen LogP contribution in [0.2, 0.25) is 0 Å². The lowest BCUT2D eigenvalue weighted by Gasteiger charge is -2.35. The Kier molecular flexibility index (Phi) is 5.61. The van der Waals surface area contributed by atoms with Crippen molar-refractivity contribution in [2.24, 2.45) is 7.05 Å². The Labute approximate surface area is 164 Å². The Morgan fingerprint density at radius 1 is 1.33 bits per heavy atom. The molecular weight excluding hydrogens is 360 g/mol. The lowest BCUT2D eigenvalue weighted by atomic mass is 9.99. The third-order valence-electron chi connectivity index (χ3n) is 5.72. The molecule has 146 valence electrons. The van der Waals surface area contributed by atoms with Crippen molar-refractivity contribution in [3.63, 3.8) is 0 Å².